The number of unbranched alkanes of at least 4 members (excludes halogenated alkanes) is 2. The lowest BCUT2D eigenvalue weighted by atomic mass is 9.80. The molecule has 2 heterocycles. The van der Waals surface area contributed by atoms with Crippen molar-refractivity contribution in [3.05, 3.63) is 23.8 Å². The van der Waals surface area contributed by atoms with Crippen LogP contribution in [-0.4, -0.2) is 105 Å². The summed E-state index contributed by atoms with van der Waals surface area (Å²) in [5.74, 6) is -3.59. The van der Waals surface area contributed by atoms with E-state index in [1.807, 2.05) is 27.7 Å². The lowest BCUT2D eigenvalue weighted by Gasteiger charge is -2.38. The van der Waals surface area contributed by atoms with Gasteiger partial charge in [0.25, 0.3) is 0 Å². The molecule has 2 aliphatic rings. The molecule has 6 N–H and O–H groups in total. The Labute approximate surface area is 290 Å². The number of nitrogens with zero attached hydrogens (tertiary/aromatic N) is 1. The van der Waals surface area contributed by atoms with E-state index in [2.05, 4.69) is 10.6 Å². The molecule has 0 radical (unpaired) electrons. The molecular formula is C34H49N3O13. The van der Waals surface area contributed by atoms with Crippen molar-refractivity contribution >= 4 is 41.3 Å². The van der Waals surface area contributed by atoms with Gasteiger partial charge < -0.3 is 45.3 Å². The summed E-state index contributed by atoms with van der Waals surface area (Å²) in [4.78, 5) is 74.8. The Morgan fingerprint density at radius 3 is 2.32 bits per heavy atom. The summed E-state index contributed by atoms with van der Waals surface area (Å²) in [5.41, 5.74) is 0.206. The number of aliphatic carboxylic acids is 1. The molecule has 4 amide bonds. The average molecular weight is 708 g/mol. The maximum absolute atomic E-state index is 12.9. The van der Waals surface area contributed by atoms with Crippen LogP contribution in [-0.2, 0) is 44.8 Å². The number of carbonyl (C=O) groups is 6. The second kappa shape index (κ2) is 18.2. The minimum absolute atomic E-state index is 0.00499. The summed E-state index contributed by atoms with van der Waals surface area (Å²) in [6.07, 6.45) is -6.55. The van der Waals surface area contributed by atoms with Gasteiger partial charge in [-0.25, -0.2) is 4.79 Å². The molecule has 3 unspecified atom stereocenters. The van der Waals surface area contributed by atoms with E-state index < -0.39 is 48.6 Å². The standard InChI is InChI=1S/C34H49N3O13/c1-5-9-26(41)48-18-19-11-12-22(49-33-29(44)27(42)28(43)30(50-33)32(46)47)21(16-19)36-24(39)13-14-35-23(38)10-7-6-8-15-37-25(40)17-20(31(37)45)34(2,3)4/h11-12,16,20,27-30,33,42-44H,5-10,13-15,17-18H2,1-4H3,(H,35,38)(H,36,39)(H,46,47)/t20?,27-,28-,29?,30?,33+/m0/s1. The van der Waals surface area contributed by atoms with Gasteiger partial charge in [-0.05, 0) is 42.4 Å². The Morgan fingerprint density at radius 1 is 0.960 bits per heavy atom. The third-order valence-electron chi connectivity index (χ3n) is 8.48. The van der Waals surface area contributed by atoms with Crippen LogP contribution in [0.1, 0.15) is 84.6 Å². The number of aliphatic hydroxyl groups is 3. The van der Waals surface area contributed by atoms with Crippen molar-refractivity contribution in [2.24, 2.45) is 11.3 Å². The molecule has 0 spiro atoms. The zero-order valence-corrected chi connectivity index (χ0v) is 28.9. The van der Waals surface area contributed by atoms with Crippen LogP contribution in [0.2, 0.25) is 0 Å². The summed E-state index contributed by atoms with van der Waals surface area (Å²) in [6.45, 7) is 7.81. The number of nitrogens with one attached hydrogen (secondary N) is 2. The highest BCUT2D eigenvalue weighted by molar-refractivity contribution is 6.03. The molecule has 0 saturated carbocycles. The molecule has 0 aliphatic carbocycles. The number of ether oxygens (including phenoxy) is 3. The highest BCUT2D eigenvalue weighted by atomic mass is 16.7. The summed E-state index contributed by atoms with van der Waals surface area (Å²) in [6, 6.07) is 4.30. The molecule has 2 fully saturated rings. The van der Waals surface area contributed by atoms with E-state index in [4.69, 9.17) is 14.2 Å². The fourth-order valence-corrected chi connectivity index (χ4v) is 5.53. The number of anilines is 1. The van der Waals surface area contributed by atoms with Crippen molar-refractivity contribution in [2.45, 2.75) is 116 Å². The molecule has 0 aromatic heterocycles. The topological polar surface area (TPSA) is 238 Å². The molecule has 278 valence electrons. The van der Waals surface area contributed by atoms with Crippen molar-refractivity contribution in [1.29, 1.82) is 0 Å². The Morgan fingerprint density at radius 2 is 1.68 bits per heavy atom. The number of hydrogen-bond acceptors (Lipinski definition) is 12. The van der Waals surface area contributed by atoms with Crippen molar-refractivity contribution in [2.75, 3.05) is 18.4 Å². The second-order valence-electron chi connectivity index (χ2n) is 13.6. The Kier molecular flexibility index (Phi) is 14.7. The van der Waals surface area contributed by atoms with Gasteiger partial charge in [-0.15, -0.1) is 0 Å². The first-order valence-corrected chi connectivity index (χ1v) is 16.8. The zero-order valence-electron chi connectivity index (χ0n) is 28.9. The summed E-state index contributed by atoms with van der Waals surface area (Å²) in [5, 5.41) is 45.2. The normalized spacial score (nSPS) is 23.8. The van der Waals surface area contributed by atoms with Gasteiger partial charge in [0.05, 0.1) is 11.6 Å². The molecule has 3 rings (SSSR count). The van der Waals surface area contributed by atoms with Gasteiger partial charge in [-0.2, -0.15) is 0 Å². The monoisotopic (exact) mass is 707 g/mol. The predicted octanol–water partition coefficient (Wildman–Crippen LogP) is 1.23. The van der Waals surface area contributed by atoms with Crippen molar-refractivity contribution < 1.29 is 63.4 Å². The fourth-order valence-electron chi connectivity index (χ4n) is 5.53. The number of rotatable bonds is 17. The Hall–Kier alpha value is -4.12. The SMILES string of the molecule is CCCC(=O)OCc1ccc(O[C@@H]2OC(C(=O)O)[C@@H](O)[C@H](O)C2O)c(NC(=O)CCNC(=O)CCCCCN2C(=O)CC(C(C)(C)C)C2=O)c1. The first kappa shape index (κ1) is 40.3. The van der Waals surface area contributed by atoms with Crippen LogP contribution in [0.5, 0.6) is 5.75 Å². The molecule has 16 heteroatoms. The number of aliphatic hydroxyl groups excluding tert-OH is 3. The Bertz CT molecular complexity index is 1390. The third-order valence-corrected chi connectivity index (χ3v) is 8.48. The molecule has 1 aromatic rings. The number of imide groups is 1. The lowest BCUT2D eigenvalue weighted by Crippen LogP contribution is -2.61. The van der Waals surface area contributed by atoms with Gasteiger partial charge in [0, 0.05) is 38.8 Å². The van der Waals surface area contributed by atoms with Crippen LogP contribution >= 0.6 is 0 Å². The van der Waals surface area contributed by atoms with Crippen LogP contribution in [0.4, 0.5) is 5.69 Å². The van der Waals surface area contributed by atoms with Crippen molar-refractivity contribution in [3.63, 3.8) is 0 Å². The number of benzene rings is 1. The minimum atomic E-state index is -1.93. The highest BCUT2D eigenvalue weighted by Gasteiger charge is 2.48. The maximum Gasteiger partial charge on any atom is 0.335 e. The van der Waals surface area contributed by atoms with Gasteiger partial charge in [0.2, 0.25) is 29.9 Å². The van der Waals surface area contributed by atoms with Crippen molar-refractivity contribution in [3.8, 4) is 5.75 Å². The molecular weight excluding hydrogens is 658 g/mol. The van der Waals surface area contributed by atoms with Gasteiger partial charge in [0.15, 0.2) is 6.10 Å². The van der Waals surface area contributed by atoms with E-state index in [0.717, 1.165) is 0 Å². The van der Waals surface area contributed by atoms with Crippen LogP contribution in [0.3, 0.4) is 0 Å². The summed E-state index contributed by atoms with van der Waals surface area (Å²) in [7, 11) is 0. The zero-order chi connectivity index (χ0) is 37.2. The molecule has 2 aliphatic heterocycles. The highest BCUT2D eigenvalue weighted by Crippen LogP contribution is 2.35. The van der Waals surface area contributed by atoms with Crippen LogP contribution in [0, 0.1) is 11.3 Å². The molecule has 16 nitrogen and oxygen atoms in total. The second-order valence-corrected chi connectivity index (χ2v) is 13.6. The van der Waals surface area contributed by atoms with E-state index in [1.165, 1.54) is 23.1 Å². The van der Waals surface area contributed by atoms with E-state index in [9.17, 15) is 49.2 Å². The quantitative estimate of drug-likeness (QED) is 0.0760. The summed E-state index contributed by atoms with van der Waals surface area (Å²) >= 11 is 0. The summed E-state index contributed by atoms with van der Waals surface area (Å²) < 4.78 is 16.1. The van der Waals surface area contributed by atoms with Gasteiger partial charge in [-0.3, -0.25) is 28.9 Å². The van der Waals surface area contributed by atoms with E-state index in [-0.39, 0.29) is 79.3 Å². The number of carboxylic acid groups (broad SMARTS) is 1. The number of amides is 4. The lowest BCUT2D eigenvalue weighted by molar-refractivity contribution is -0.271. The van der Waals surface area contributed by atoms with E-state index >= 15 is 0 Å². The number of hydrogen-bond donors (Lipinski definition) is 6. The average Bonchev–Trinajstić information content (AvgIpc) is 3.33. The maximum atomic E-state index is 12.9. The number of carbonyl (C=O) groups excluding carboxylic acids is 5. The first-order valence-electron chi connectivity index (χ1n) is 16.8. The number of carboxylic acids is 1. The number of esters is 1. The minimum Gasteiger partial charge on any atom is -0.479 e. The largest absolute Gasteiger partial charge is 0.479 e. The van der Waals surface area contributed by atoms with Crippen LogP contribution < -0.4 is 15.4 Å². The molecule has 2 saturated heterocycles. The third kappa shape index (κ3) is 11.2. The molecule has 1 aromatic carbocycles. The Balaban J connectivity index is 1.52. The molecule has 6 atom stereocenters. The number of likely N-dealkylation sites (tertiary alicyclic amines) is 1. The van der Waals surface area contributed by atoms with E-state index in [1.54, 1.807) is 0 Å². The first-order chi connectivity index (χ1) is 23.5. The van der Waals surface area contributed by atoms with Crippen LogP contribution in [0.15, 0.2) is 18.2 Å². The van der Waals surface area contributed by atoms with E-state index in [0.29, 0.717) is 37.8 Å². The molecule has 50 heavy (non-hydrogen) atoms. The van der Waals surface area contributed by atoms with Crippen LogP contribution in [0.25, 0.3) is 0 Å². The van der Waals surface area contributed by atoms with Gasteiger partial charge in [0.1, 0.15) is 30.7 Å². The van der Waals surface area contributed by atoms with Gasteiger partial charge >= 0.3 is 11.9 Å². The van der Waals surface area contributed by atoms with Crippen molar-refractivity contribution in [1.82, 2.24) is 10.2 Å². The molecule has 0 bridgehead atoms. The van der Waals surface area contributed by atoms with Gasteiger partial charge in [-0.1, -0.05) is 40.2 Å². The smallest absolute Gasteiger partial charge is 0.335 e. The fraction of sp³-hybridized carbons (Fsp3) is 0.647. The predicted molar refractivity (Wildman–Crippen MR) is 175 cm³/mol.